The first kappa shape index (κ1) is 18.7. The lowest BCUT2D eigenvalue weighted by atomic mass is 9.93. The molecule has 1 aromatic heterocycles. The van der Waals surface area contributed by atoms with Crippen LogP contribution in [0.2, 0.25) is 0 Å². The highest BCUT2D eigenvalue weighted by Gasteiger charge is 2.23. The molecule has 1 aromatic carbocycles. The highest BCUT2D eigenvalue weighted by Crippen LogP contribution is 2.26. The fraction of sp³-hybridized carbons (Fsp3) is 0.500. The number of nitrogens with zero attached hydrogens (tertiary/aromatic N) is 1. The van der Waals surface area contributed by atoms with Crippen molar-refractivity contribution in [1.82, 2.24) is 10.2 Å². The quantitative estimate of drug-likeness (QED) is 0.780. The van der Waals surface area contributed by atoms with Gasteiger partial charge in [-0.1, -0.05) is 49.6 Å². The molecule has 4 heteroatoms. The maximum atomic E-state index is 12.1. The lowest BCUT2D eigenvalue weighted by Gasteiger charge is -2.33. The van der Waals surface area contributed by atoms with Crippen molar-refractivity contribution in [3.8, 4) is 0 Å². The van der Waals surface area contributed by atoms with Gasteiger partial charge >= 0.3 is 0 Å². The van der Waals surface area contributed by atoms with Gasteiger partial charge in [-0.15, -0.1) is 0 Å². The summed E-state index contributed by atoms with van der Waals surface area (Å²) in [6, 6.07) is 15.0. The first-order chi connectivity index (χ1) is 12.6. The molecule has 0 bridgehead atoms. The average Bonchev–Trinajstić information content (AvgIpc) is 3.11. The fourth-order valence-electron chi connectivity index (χ4n) is 3.70. The maximum absolute atomic E-state index is 12.1. The van der Waals surface area contributed by atoms with Crippen LogP contribution in [0.5, 0.6) is 0 Å². The minimum absolute atomic E-state index is 0.105. The van der Waals surface area contributed by atoms with Crippen LogP contribution in [0.4, 0.5) is 0 Å². The Morgan fingerprint density at radius 2 is 1.81 bits per heavy atom. The normalized spacial score (nSPS) is 15.5. The van der Waals surface area contributed by atoms with E-state index in [9.17, 15) is 4.79 Å². The summed E-state index contributed by atoms with van der Waals surface area (Å²) in [7, 11) is 0. The summed E-state index contributed by atoms with van der Waals surface area (Å²) in [4.78, 5) is 14.6. The topological polar surface area (TPSA) is 45.5 Å². The van der Waals surface area contributed by atoms with Crippen LogP contribution >= 0.6 is 0 Å². The summed E-state index contributed by atoms with van der Waals surface area (Å²) in [6.45, 7) is 5.56. The van der Waals surface area contributed by atoms with Crippen LogP contribution in [0.25, 0.3) is 0 Å². The minimum atomic E-state index is -0.140. The van der Waals surface area contributed by atoms with Crippen molar-refractivity contribution >= 4 is 5.91 Å². The van der Waals surface area contributed by atoms with Crippen LogP contribution < -0.4 is 5.32 Å². The van der Waals surface area contributed by atoms with E-state index in [2.05, 4.69) is 40.5 Å². The van der Waals surface area contributed by atoms with Crippen LogP contribution in [0.1, 0.15) is 67.8 Å². The maximum Gasteiger partial charge on any atom is 0.287 e. The van der Waals surface area contributed by atoms with Crippen LogP contribution in [0, 0.1) is 0 Å². The number of nitrogens with one attached hydrogen (secondary N) is 1. The number of furan rings is 1. The van der Waals surface area contributed by atoms with Gasteiger partial charge in [0, 0.05) is 18.6 Å². The van der Waals surface area contributed by atoms with E-state index < -0.39 is 0 Å². The molecule has 0 radical (unpaired) electrons. The van der Waals surface area contributed by atoms with Crippen molar-refractivity contribution in [2.45, 2.75) is 71.1 Å². The van der Waals surface area contributed by atoms with Crippen LogP contribution in [-0.2, 0) is 13.1 Å². The van der Waals surface area contributed by atoms with Gasteiger partial charge in [0.25, 0.3) is 5.91 Å². The largest absolute Gasteiger partial charge is 0.455 e. The smallest absolute Gasteiger partial charge is 0.287 e. The van der Waals surface area contributed by atoms with E-state index in [-0.39, 0.29) is 11.9 Å². The number of hydrogen-bond acceptors (Lipinski definition) is 3. The highest BCUT2D eigenvalue weighted by molar-refractivity contribution is 5.91. The highest BCUT2D eigenvalue weighted by atomic mass is 16.4. The Morgan fingerprint density at radius 3 is 2.50 bits per heavy atom. The Hall–Kier alpha value is -2.07. The molecule has 0 spiro atoms. The molecule has 1 saturated carbocycles. The summed E-state index contributed by atoms with van der Waals surface area (Å²) < 4.78 is 5.85. The van der Waals surface area contributed by atoms with Gasteiger partial charge in [-0.25, -0.2) is 0 Å². The molecule has 0 unspecified atom stereocenters. The van der Waals surface area contributed by atoms with Gasteiger partial charge in [0.15, 0.2) is 5.76 Å². The number of carbonyl (C=O) groups excluding carboxylic acids is 1. The second-order valence-electron chi connectivity index (χ2n) is 7.58. The Balaban J connectivity index is 1.70. The molecule has 4 nitrogen and oxygen atoms in total. The average molecular weight is 354 g/mol. The van der Waals surface area contributed by atoms with Crippen LogP contribution in [-0.4, -0.2) is 22.9 Å². The molecule has 1 N–H and O–H groups in total. The number of hydrogen-bond donors (Lipinski definition) is 1. The van der Waals surface area contributed by atoms with Crippen molar-refractivity contribution in [1.29, 1.82) is 0 Å². The minimum Gasteiger partial charge on any atom is -0.455 e. The van der Waals surface area contributed by atoms with Gasteiger partial charge < -0.3 is 9.73 Å². The van der Waals surface area contributed by atoms with Gasteiger partial charge in [0.05, 0.1) is 6.54 Å². The number of benzene rings is 1. The zero-order chi connectivity index (χ0) is 18.4. The lowest BCUT2D eigenvalue weighted by Crippen LogP contribution is -2.35. The van der Waals surface area contributed by atoms with Gasteiger partial charge in [0.1, 0.15) is 5.76 Å². The first-order valence-electron chi connectivity index (χ1n) is 9.79. The van der Waals surface area contributed by atoms with Crippen molar-refractivity contribution in [2.75, 3.05) is 0 Å². The number of amides is 1. The molecule has 0 aliphatic heterocycles. The van der Waals surface area contributed by atoms with Gasteiger partial charge in [-0.3, -0.25) is 9.69 Å². The zero-order valence-electron chi connectivity index (χ0n) is 15.9. The van der Waals surface area contributed by atoms with E-state index in [1.807, 2.05) is 19.9 Å². The van der Waals surface area contributed by atoms with Crippen molar-refractivity contribution in [3.63, 3.8) is 0 Å². The van der Waals surface area contributed by atoms with Crippen LogP contribution in [0.3, 0.4) is 0 Å². The molecule has 0 atom stereocenters. The summed E-state index contributed by atoms with van der Waals surface area (Å²) in [5.41, 5.74) is 1.32. The molecule has 2 aromatic rings. The molecule has 140 valence electrons. The summed E-state index contributed by atoms with van der Waals surface area (Å²) in [5.74, 6) is 1.12. The van der Waals surface area contributed by atoms with Gasteiger partial charge in [-0.2, -0.15) is 0 Å². The lowest BCUT2D eigenvalue weighted by molar-refractivity contribution is 0.0905. The second-order valence-corrected chi connectivity index (χ2v) is 7.58. The molecular formula is C22H30N2O2. The standard InChI is InChI=1S/C22H30N2O2/c1-17(2)23-22(25)21-14-13-20(26-21)16-24(19-11-7-4-8-12-19)15-18-9-5-3-6-10-18/h3,5-6,9-10,13-14,17,19H,4,7-8,11-12,15-16H2,1-2H3,(H,23,25). The third-order valence-corrected chi connectivity index (χ3v) is 4.98. The Kier molecular flexibility index (Phi) is 6.51. The van der Waals surface area contributed by atoms with E-state index in [1.165, 1.54) is 37.7 Å². The van der Waals surface area contributed by atoms with Crippen molar-refractivity contribution < 1.29 is 9.21 Å². The second kappa shape index (κ2) is 9.04. The van der Waals surface area contributed by atoms with E-state index >= 15 is 0 Å². The van der Waals surface area contributed by atoms with E-state index in [4.69, 9.17) is 4.42 Å². The monoisotopic (exact) mass is 354 g/mol. The number of rotatable bonds is 7. The summed E-state index contributed by atoms with van der Waals surface area (Å²) >= 11 is 0. The summed E-state index contributed by atoms with van der Waals surface area (Å²) in [6.07, 6.45) is 6.44. The van der Waals surface area contributed by atoms with Crippen LogP contribution in [0.15, 0.2) is 46.9 Å². The predicted octanol–water partition coefficient (Wildman–Crippen LogP) is 4.75. The molecule has 1 heterocycles. The molecule has 26 heavy (non-hydrogen) atoms. The third kappa shape index (κ3) is 5.21. The molecule has 1 aliphatic carbocycles. The molecule has 1 fully saturated rings. The van der Waals surface area contributed by atoms with E-state index in [1.54, 1.807) is 6.07 Å². The Bertz CT molecular complexity index is 687. The van der Waals surface area contributed by atoms with E-state index in [0.29, 0.717) is 11.8 Å². The molecule has 0 saturated heterocycles. The first-order valence-corrected chi connectivity index (χ1v) is 9.79. The Labute approximate surface area is 156 Å². The zero-order valence-corrected chi connectivity index (χ0v) is 15.9. The molecule has 1 aliphatic rings. The fourth-order valence-corrected chi connectivity index (χ4v) is 3.70. The van der Waals surface area contributed by atoms with E-state index in [0.717, 1.165) is 18.8 Å². The predicted molar refractivity (Wildman–Crippen MR) is 104 cm³/mol. The molecule has 1 amide bonds. The Morgan fingerprint density at radius 1 is 1.08 bits per heavy atom. The molecule has 3 rings (SSSR count). The summed E-state index contributed by atoms with van der Waals surface area (Å²) in [5, 5.41) is 2.88. The number of carbonyl (C=O) groups is 1. The van der Waals surface area contributed by atoms with Crippen molar-refractivity contribution in [2.24, 2.45) is 0 Å². The third-order valence-electron chi connectivity index (χ3n) is 4.98. The SMILES string of the molecule is CC(C)NC(=O)c1ccc(CN(Cc2ccccc2)C2CCCCC2)o1. The molecular weight excluding hydrogens is 324 g/mol. The van der Waals surface area contributed by atoms with Crippen molar-refractivity contribution in [3.05, 3.63) is 59.5 Å². The van der Waals surface area contributed by atoms with Gasteiger partial charge in [0.2, 0.25) is 0 Å². The van der Waals surface area contributed by atoms with Gasteiger partial charge in [-0.05, 0) is 44.4 Å².